The van der Waals surface area contributed by atoms with Gasteiger partial charge in [-0.3, -0.25) is 4.99 Å². The zero-order chi connectivity index (χ0) is 17.9. The second-order valence-electron chi connectivity index (χ2n) is 7.66. The number of rotatable bonds is 4. The molecule has 2 aromatic rings. The minimum Gasteiger partial charge on any atom is -0.352 e. The lowest BCUT2D eigenvalue weighted by molar-refractivity contribution is 0.370. The summed E-state index contributed by atoms with van der Waals surface area (Å²) in [5.41, 5.74) is 2.94. The van der Waals surface area contributed by atoms with Crippen LogP contribution in [0.2, 0.25) is 0 Å². The Balaban J connectivity index is 1.61. The summed E-state index contributed by atoms with van der Waals surface area (Å²) in [5.74, 6) is 2.04. The molecule has 0 radical (unpaired) electrons. The van der Waals surface area contributed by atoms with Gasteiger partial charge in [-0.25, -0.2) is 4.98 Å². The molecule has 25 heavy (non-hydrogen) atoms. The summed E-state index contributed by atoms with van der Waals surface area (Å²) in [4.78, 5) is 11.1. The second kappa shape index (κ2) is 7.30. The van der Waals surface area contributed by atoms with E-state index < -0.39 is 0 Å². The number of hydrogen-bond donors (Lipinski definition) is 1. The van der Waals surface area contributed by atoms with Crippen LogP contribution in [0.25, 0.3) is 0 Å². The molecule has 0 unspecified atom stereocenters. The standard InChI is InChI=1S/C20H29N5/c1-16-22-9-11-24(16)14-18-7-5-6-17(12-18)13-23-19(21-4)25-10-8-20(2,3)15-25/h5-7,9,11-12H,8,10,13-15H2,1-4H3,(H,21,23). The highest BCUT2D eigenvalue weighted by Gasteiger charge is 2.30. The molecule has 0 bridgehead atoms. The molecule has 0 amide bonds. The van der Waals surface area contributed by atoms with Gasteiger partial charge in [-0.15, -0.1) is 0 Å². The molecule has 1 N–H and O–H groups in total. The van der Waals surface area contributed by atoms with Crippen molar-refractivity contribution in [3.8, 4) is 0 Å². The van der Waals surface area contributed by atoms with Crippen molar-refractivity contribution >= 4 is 5.96 Å². The Morgan fingerprint density at radius 1 is 1.32 bits per heavy atom. The third-order valence-electron chi connectivity index (χ3n) is 4.91. The summed E-state index contributed by atoms with van der Waals surface area (Å²) in [7, 11) is 1.87. The van der Waals surface area contributed by atoms with E-state index in [9.17, 15) is 0 Å². The van der Waals surface area contributed by atoms with Gasteiger partial charge < -0.3 is 14.8 Å². The zero-order valence-electron chi connectivity index (χ0n) is 15.8. The number of hydrogen-bond acceptors (Lipinski definition) is 2. The highest BCUT2D eigenvalue weighted by Crippen LogP contribution is 2.28. The molecule has 1 aromatic carbocycles. The number of aromatic nitrogens is 2. The maximum absolute atomic E-state index is 4.46. The third kappa shape index (κ3) is 4.41. The van der Waals surface area contributed by atoms with E-state index in [4.69, 9.17) is 0 Å². The van der Waals surface area contributed by atoms with Crippen molar-refractivity contribution < 1.29 is 0 Å². The summed E-state index contributed by atoms with van der Waals surface area (Å²) in [5, 5.41) is 3.52. The average molecular weight is 339 g/mol. The van der Waals surface area contributed by atoms with Crippen molar-refractivity contribution in [1.29, 1.82) is 0 Å². The monoisotopic (exact) mass is 339 g/mol. The van der Waals surface area contributed by atoms with E-state index in [-0.39, 0.29) is 0 Å². The van der Waals surface area contributed by atoms with Crippen LogP contribution in [0.15, 0.2) is 41.7 Å². The van der Waals surface area contributed by atoms with Crippen LogP contribution in [0.5, 0.6) is 0 Å². The molecular formula is C20H29N5. The van der Waals surface area contributed by atoms with Crippen LogP contribution in [-0.4, -0.2) is 40.5 Å². The summed E-state index contributed by atoms with van der Waals surface area (Å²) in [6.07, 6.45) is 5.09. The van der Waals surface area contributed by atoms with E-state index in [1.54, 1.807) is 0 Å². The smallest absolute Gasteiger partial charge is 0.193 e. The van der Waals surface area contributed by atoms with Crippen molar-refractivity contribution in [2.24, 2.45) is 10.4 Å². The van der Waals surface area contributed by atoms with Gasteiger partial charge in [0, 0.05) is 45.6 Å². The molecular weight excluding hydrogens is 310 g/mol. The largest absolute Gasteiger partial charge is 0.352 e. The summed E-state index contributed by atoms with van der Waals surface area (Å²) < 4.78 is 2.16. The fourth-order valence-electron chi connectivity index (χ4n) is 3.41. The minimum atomic E-state index is 0.375. The fourth-order valence-corrected chi connectivity index (χ4v) is 3.41. The lowest BCUT2D eigenvalue weighted by Crippen LogP contribution is -2.40. The Labute approximate surface area is 150 Å². The van der Waals surface area contributed by atoms with E-state index >= 15 is 0 Å². The number of likely N-dealkylation sites (tertiary alicyclic amines) is 1. The summed E-state index contributed by atoms with van der Waals surface area (Å²) in [6.45, 7) is 10.5. The Morgan fingerprint density at radius 2 is 2.12 bits per heavy atom. The number of nitrogens with one attached hydrogen (secondary N) is 1. The Kier molecular flexibility index (Phi) is 5.11. The number of aliphatic imine (C=N–C) groups is 1. The molecule has 2 heterocycles. The van der Waals surface area contributed by atoms with E-state index in [1.807, 2.05) is 26.4 Å². The van der Waals surface area contributed by atoms with Gasteiger partial charge in [0.2, 0.25) is 0 Å². The molecule has 5 heteroatoms. The quantitative estimate of drug-likeness (QED) is 0.688. The molecule has 1 aliphatic heterocycles. The average Bonchev–Trinajstić information content (AvgIpc) is 3.14. The van der Waals surface area contributed by atoms with Crippen molar-refractivity contribution in [3.05, 3.63) is 53.6 Å². The second-order valence-corrected chi connectivity index (χ2v) is 7.66. The van der Waals surface area contributed by atoms with Gasteiger partial charge in [-0.1, -0.05) is 38.1 Å². The normalized spacial score (nSPS) is 17.1. The van der Waals surface area contributed by atoms with E-state index in [0.29, 0.717) is 5.41 Å². The van der Waals surface area contributed by atoms with Crippen LogP contribution >= 0.6 is 0 Å². The predicted octanol–water partition coefficient (Wildman–Crippen LogP) is 3.05. The van der Waals surface area contributed by atoms with Crippen LogP contribution in [0.3, 0.4) is 0 Å². The highest BCUT2D eigenvalue weighted by molar-refractivity contribution is 5.80. The Morgan fingerprint density at radius 3 is 2.76 bits per heavy atom. The van der Waals surface area contributed by atoms with Crippen LogP contribution in [0.4, 0.5) is 0 Å². The lowest BCUT2D eigenvalue weighted by atomic mass is 9.93. The first-order valence-electron chi connectivity index (χ1n) is 8.98. The highest BCUT2D eigenvalue weighted by atomic mass is 15.3. The lowest BCUT2D eigenvalue weighted by Gasteiger charge is -2.23. The number of guanidine groups is 1. The van der Waals surface area contributed by atoms with Crippen LogP contribution in [-0.2, 0) is 13.1 Å². The molecule has 1 aliphatic rings. The van der Waals surface area contributed by atoms with Crippen LogP contribution in [0.1, 0.15) is 37.2 Å². The Hall–Kier alpha value is -2.30. The molecule has 5 nitrogen and oxygen atoms in total. The van der Waals surface area contributed by atoms with E-state index in [2.05, 4.69) is 62.9 Å². The first-order chi connectivity index (χ1) is 12.0. The fraction of sp³-hybridized carbons (Fsp3) is 0.500. The molecule has 3 rings (SSSR count). The molecule has 0 saturated carbocycles. The number of benzene rings is 1. The Bertz CT molecular complexity index is 744. The molecule has 1 aromatic heterocycles. The maximum Gasteiger partial charge on any atom is 0.193 e. The molecule has 1 fully saturated rings. The molecule has 1 saturated heterocycles. The number of aryl methyl sites for hydroxylation is 1. The van der Waals surface area contributed by atoms with Crippen molar-refractivity contribution in [3.63, 3.8) is 0 Å². The third-order valence-corrected chi connectivity index (χ3v) is 4.91. The molecule has 134 valence electrons. The van der Waals surface area contributed by atoms with Crippen molar-refractivity contribution in [1.82, 2.24) is 19.8 Å². The van der Waals surface area contributed by atoms with Crippen LogP contribution < -0.4 is 5.32 Å². The minimum absolute atomic E-state index is 0.375. The van der Waals surface area contributed by atoms with E-state index in [0.717, 1.165) is 38.0 Å². The number of nitrogens with zero attached hydrogens (tertiary/aromatic N) is 4. The van der Waals surface area contributed by atoms with Gasteiger partial charge in [0.25, 0.3) is 0 Å². The van der Waals surface area contributed by atoms with Crippen LogP contribution in [0, 0.1) is 12.3 Å². The van der Waals surface area contributed by atoms with Gasteiger partial charge in [0.15, 0.2) is 5.96 Å². The predicted molar refractivity (Wildman–Crippen MR) is 103 cm³/mol. The van der Waals surface area contributed by atoms with Gasteiger partial charge in [-0.2, -0.15) is 0 Å². The topological polar surface area (TPSA) is 45.5 Å². The number of imidazole rings is 1. The SMILES string of the molecule is CN=C(NCc1cccc(Cn2ccnc2C)c1)N1CCC(C)(C)C1. The molecule has 0 atom stereocenters. The zero-order valence-corrected chi connectivity index (χ0v) is 15.8. The first-order valence-corrected chi connectivity index (χ1v) is 8.98. The molecule has 0 aliphatic carbocycles. The molecule has 0 spiro atoms. The van der Waals surface area contributed by atoms with Crippen molar-refractivity contribution in [2.45, 2.75) is 40.3 Å². The van der Waals surface area contributed by atoms with E-state index in [1.165, 1.54) is 17.5 Å². The summed E-state index contributed by atoms with van der Waals surface area (Å²) in [6, 6.07) is 8.72. The van der Waals surface area contributed by atoms with Gasteiger partial charge in [-0.05, 0) is 29.9 Å². The maximum atomic E-state index is 4.46. The first kappa shape index (κ1) is 17.5. The van der Waals surface area contributed by atoms with Gasteiger partial charge >= 0.3 is 0 Å². The van der Waals surface area contributed by atoms with Gasteiger partial charge in [0.05, 0.1) is 0 Å². The summed E-state index contributed by atoms with van der Waals surface area (Å²) >= 11 is 0. The van der Waals surface area contributed by atoms with Crippen molar-refractivity contribution in [2.75, 3.05) is 20.1 Å². The van der Waals surface area contributed by atoms with Gasteiger partial charge in [0.1, 0.15) is 5.82 Å².